The molecule has 0 bridgehead atoms. The van der Waals surface area contributed by atoms with E-state index in [4.69, 9.17) is 13.6 Å². The molecule has 1 aliphatic rings. The highest BCUT2D eigenvalue weighted by Gasteiger charge is 2.56. The Labute approximate surface area is 157 Å². The summed E-state index contributed by atoms with van der Waals surface area (Å²) >= 11 is 0. The topological polar surface area (TPSA) is 44.8 Å². The molecule has 1 fully saturated rings. The molecule has 6 heteroatoms. The van der Waals surface area contributed by atoms with Crippen LogP contribution < -0.4 is 0 Å². The second kappa shape index (κ2) is 6.77. The summed E-state index contributed by atoms with van der Waals surface area (Å²) in [6, 6.07) is 0. The Balaban J connectivity index is 3.04. The lowest BCUT2D eigenvalue weighted by Gasteiger charge is -2.44. The lowest BCUT2D eigenvalue weighted by Crippen LogP contribution is -2.54. The average molecular weight is 389 g/mol. The minimum atomic E-state index is -2.02. The van der Waals surface area contributed by atoms with E-state index in [9.17, 15) is 4.79 Å². The smallest absolute Gasteiger partial charge is 0.312 e. The number of rotatable bonds is 5. The monoisotopic (exact) mass is 388 g/mol. The van der Waals surface area contributed by atoms with E-state index in [1.807, 2.05) is 13.8 Å². The van der Waals surface area contributed by atoms with Gasteiger partial charge in [-0.05, 0) is 50.1 Å². The number of esters is 1. The zero-order valence-electron chi connectivity index (χ0n) is 18.5. The number of ether oxygens (including phenoxy) is 1. The fraction of sp³-hybridized carbons (Fsp3) is 0.947. The molecule has 1 rings (SSSR count). The average Bonchev–Trinajstić information content (AvgIpc) is 2.58. The van der Waals surface area contributed by atoms with Gasteiger partial charge in [-0.15, -0.1) is 0 Å². The van der Waals surface area contributed by atoms with Gasteiger partial charge in [0, 0.05) is 0 Å². The van der Waals surface area contributed by atoms with E-state index in [2.05, 4.69) is 67.7 Å². The molecule has 1 saturated heterocycles. The van der Waals surface area contributed by atoms with E-state index < -0.39 is 22.2 Å². The first kappa shape index (κ1) is 22.9. The number of hydrogen-bond donors (Lipinski definition) is 0. The van der Waals surface area contributed by atoms with Crippen LogP contribution in [0.15, 0.2) is 0 Å². The molecule has 0 aromatic carbocycles. The van der Waals surface area contributed by atoms with Gasteiger partial charge >= 0.3 is 5.97 Å². The molecule has 0 aromatic heterocycles. The molecule has 1 heterocycles. The quantitative estimate of drug-likeness (QED) is 0.470. The normalized spacial score (nSPS) is 29.0. The van der Waals surface area contributed by atoms with Gasteiger partial charge in [-0.3, -0.25) is 4.79 Å². The van der Waals surface area contributed by atoms with Crippen LogP contribution in [0.4, 0.5) is 0 Å². The molecule has 0 saturated carbocycles. The van der Waals surface area contributed by atoms with E-state index in [1.165, 1.54) is 0 Å². The Morgan fingerprint density at radius 2 is 1.44 bits per heavy atom. The molecule has 4 nitrogen and oxygen atoms in total. The Morgan fingerprint density at radius 1 is 1.00 bits per heavy atom. The zero-order chi connectivity index (χ0) is 20.1. The highest BCUT2D eigenvalue weighted by atomic mass is 28.4. The summed E-state index contributed by atoms with van der Waals surface area (Å²) in [6.07, 6.45) is -0.259. The summed E-state index contributed by atoms with van der Waals surface area (Å²) in [5.74, 6) is -0.438. The van der Waals surface area contributed by atoms with Gasteiger partial charge in [0.1, 0.15) is 0 Å². The number of cyclic esters (lactones) is 1. The second-order valence-corrected chi connectivity index (χ2v) is 20.4. The molecular weight excluding hydrogens is 348 g/mol. The fourth-order valence-corrected chi connectivity index (χ4v) is 4.93. The van der Waals surface area contributed by atoms with Crippen LogP contribution in [0.1, 0.15) is 55.4 Å². The molecule has 25 heavy (non-hydrogen) atoms. The molecule has 0 aromatic rings. The largest absolute Gasteiger partial charge is 0.454 e. The maximum absolute atomic E-state index is 12.3. The first-order chi connectivity index (χ1) is 10.8. The van der Waals surface area contributed by atoms with Gasteiger partial charge in [-0.1, -0.05) is 41.5 Å². The van der Waals surface area contributed by atoms with Crippen molar-refractivity contribution in [3.05, 3.63) is 0 Å². The standard InChI is InChI=1S/C19H40O4Si2/c1-14-15(23-25(11,12)18(5,6)7)19(8,22-16(14)20)13-21-24(9,10)17(2,3)4/h14-15H,13H2,1-12H3/t14-,15-,19-/m0/s1. The van der Waals surface area contributed by atoms with Crippen LogP contribution in [-0.4, -0.2) is 40.9 Å². The zero-order valence-corrected chi connectivity index (χ0v) is 20.5. The van der Waals surface area contributed by atoms with Crippen molar-refractivity contribution in [2.45, 2.75) is 103 Å². The predicted octanol–water partition coefficient (Wildman–Crippen LogP) is 5.35. The van der Waals surface area contributed by atoms with Crippen molar-refractivity contribution in [1.29, 1.82) is 0 Å². The third-order valence-corrected chi connectivity index (χ3v) is 15.4. The number of hydrogen-bond acceptors (Lipinski definition) is 4. The maximum Gasteiger partial charge on any atom is 0.312 e. The van der Waals surface area contributed by atoms with Gasteiger partial charge < -0.3 is 13.6 Å². The molecule has 3 atom stereocenters. The highest BCUT2D eigenvalue weighted by Crippen LogP contribution is 2.44. The van der Waals surface area contributed by atoms with Crippen LogP contribution in [0, 0.1) is 5.92 Å². The summed E-state index contributed by atoms with van der Waals surface area (Å²) in [7, 11) is -3.94. The summed E-state index contributed by atoms with van der Waals surface area (Å²) in [4.78, 5) is 12.3. The van der Waals surface area contributed by atoms with E-state index in [-0.39, 0.29) is 28.1 Å². The second-order valence-electron chi connectivity index (χ2n) is 10.9. The molecule has 0 aliphatic carbocycles. The van der Waals surface area contributed by atoms with Gasteiger partial charge in [-0.2, -0.15) is 0 Å². The van der Waals surface area contributed by atoms with Gasteiger partial charge in [0.15, 0.2) is 22.2 Å². The van der Waals surface area contributed by atoms with Crippen LogP contribution >= 0.6 is 0 Å². The minimum absolute atomic E-state index is 0.0829. The Hall–Kier alpha value is -0.176. The van der Waals surface area contributed by atoms with Crippen LogP contribution in [0.5, 0.6) is 0 Å². The van der Waals surface area contributed by atoms with E-state index in [1.54, 1.807) is 0 Å². The molecule has 1 aliphatic heterocycles. The van der Waals surface area contributed by atoms with Crippen molar-refractivity contribution < 1.29 is 18.4 Å². The van der Waals surface area contributed by atoms with Crippen LogP contribution in [0.2, 0.25) is 36.3 Å². The third kappa shape index (κ3) is 4.76. The first-order valence-electron chi connectivity index (χ1n) is 9.39. The van der Waals surface area contributed by atoms with E-state index in [0.717, 1.165) is 0 Å². The van der Waals surface area contributed by atoms with Crippen LogP contribution in [0.3, 0.4) is 0 Å². The van der Waals surface area contributed by atoms with Crippen molar-refractivity contribution in [2.75, 3.05) is 6.61 Å². The fourth-order valence-electron chi connectivity index (χ4n) is 2.41. The van der Waals surface area contributed by atoms with Gasteiger partial charge in [0.25, 0.3) is 0 Å². The van der Waals surface area contributed by atoms with Crippen molar-refractivity contribution in [2.24, 2.45) is 5.92 Å². The Kier molecular flexibility index (Phi) is 6.19. The molecule has 148 valence electrons. The number of carbonyl (C=O) groups is 1. The van der Waals surface area contributed by atoms with Crippen LogP contribution in [0.25, 0.3) is 0 Å². The Morgan fingerprint density at radius 3 is 1.84 bits per heavy atom. The van der Waals surface area contributed by atoms with Gasteiger partial charge in [0.2, 0.25) is 0 Å². The third-order valence-electron chi connectivity index (χ3n) is 6.52. The summed E-state index contributed by atoms with van der Waals surface area (Å²) in [5.41, 5.74) is -0.721. The SMILES string of the molecule is C[C@@H]1C(=O)O[C@@](C)(CO[Si](C)(C)C(C)(C)C)[C@H]1O[Si](C)(C)C(C)(C)C. The van der Waals surface area contributed by atoms with Crippen LogP contribution in [-0.2, 0) is 18.4 Å². The first-order valence-corrected chi connectivity index (χ1v) is 15.2. The number of carbonyl (C=O) groups excluding carboxylic acids is 1. The molecule has 0 unspecified atom stereocenters. The highest BCUT2D eigenvalue weighted by molar-refractivity contribution is 6.74. The Bertz CT molecular complexity index is 503. The molecule has 0 spiro atoms. The van der Waals surface area contributed by atoms with Gasteiger partial charge in [0.05, 0.1) is 18.6 Å². The van der Waals surface area contributed by atoms with E-state index >= 15 is 0 Å². The molecule has 0 radical (unpaired) electrons. The summed E-state index contributed by atoms with van der Waals surface area (Å²) in [5, 5.41) is 0.201. The predicted molar refractivity (Wildman–Crippen MR) is 109 cm³/mol. The van der Waals surface area contributed by atoms with Crippen molar-refractivity contribution in [3.8, 4) is 0 Å². The minimum Gasteiger partial charge on any atom is -0.454 e. The van der Waals surface area contributed by atoms with E-state index in [0.29, 0.717) is 6.61 Å². The van der Waals surface area contributed by atoms with Gasteiger partial charge in [-0.25, -0.2) is 0 Å². The summed E-state index contributed by atoms with van der Waals surface area (Å²) in [6.45, 7) is 26.5. The maximum atomic E-state index is 12.3. The van der Waals surface area contributed by atoms with Crippen molar-refractivity contribution in [1.82, 2.24) is 0 Å². The lowest BCUT2D eigenvalue weighted by molar-refractivity contribution is -0.153. The molecule has 0 N–H and O–H groups in total. The van der Waals surface area contributed by atoms with Crippen molar-refractivity contribution in [3.63, 3.8) is 0 Å². The summed E-state index contributed by atoms with van der Waals surface area (Å²) < 4.78 is 18.8. The lowest BCUT2D eigenvalue weighted by atomic mass is 9.94. The molecule has 0 amide bonds. The molecular formula is C19H40O4Si2. The van der Waals surface area contributed by atoms with Crippen molar-refractivity contribution >= 4 is 22.6 Å².